The standard InChI is InChI=1S/C20H19F2N7O5/c1-33-16-11-14(15(29(31)32)12-17(16)34-19(21)22)18(30)26-7-9-27(10-8-26)20-23-24-25-28(20)13-5-3-2-4-6-13/h2-6,11-12,19H,7-10H2,1H3. The van der Waals surface area contributed by atoms with Crippen LogP contribution in [-0.4, -0.2) is 75.8 Å². The minimum absolute atomic E-state index is 0.213. The van der Waals surface area contributed by atoms with E-state index in [1.54, 1.807) is 4.68 Å². The molecule has 0 aliphatic carbocycles. The van der Waals surface area contributed by atoms with Crippen molar-refractivity contribution < 1.29 is 28.0 Å². The second kappa shape index (κ2) is 9.64. The Labute approximate surface area is 191 Å². The van der Waals surface area contributed by atoms with Crippen molar-refractivity contribution in [2.75, 3.05) is 38.2 Å². The summed E-state index contributed by atoms with van der Waals surface area (Å²) in [6, 6.07) is 11.1. The van der Waals surface area contributed by atoms with Gasteiger partial charge in [-0.1, -0.05) is 23.3 Å². The molecule has 1 fully saturated rings. The highest BCUT2D eigenvalue weighted by Crippen LogP contribution is 2.36. The van der Waals surface area contributed by atoms with Crippen LogP contribution < -0.4 is 14.4 Å². The number of aromatic nitrogens is 4. The lowest BCUT2D eigenvalue weighted by atomic mass is 10.1. The molecule has 0 saturated carbocycles. The Kier molecular flexibility index (Phi) is 6.47. The predicted molar refractivity (Wildman–Crippen MR) is 114 cm³/mol. The van der Waals surface area contributed by atoms with Crippen LogP contribution in [0.5, 0.6) is 11.5 Å². The Morgan fingerprint density at radius 1 is 1.12 bits per heavy atom. The molecule has 12 nitrogen and oxygen atoms in total. The Morgan fingerprint density at radius 2 is 1.82 bits per heavy atom. The molecule has 1 aliphatic heterocycles. The van der Waals surface area contributed by atoms with Gasteiger partial charge >= 0.3 is 6.61 Å². The monoisotopic (exact) mass is 475 g/mol. The lowest BCUT2D eigenvalue weighted by Crippen LogP contribution is -2.49. The molecule has 14 heteroatoms. The molecule has 0 unspecified atom stereocenters. The van der Waals surface area contributed by atoms with Crippen LogP contribution in [0.4, 0.5) is 20.4 Å². The summed E-state index contributed by atoms with van der Waals surface area (Å²) in [5.74, 6) is -0.872. The lowest BCUT2D eigenvalue weighted by molar-refractivity contribution is -0.385. The average molecular weight is 475 g/mol. The van der Waals surface area contributed by atoms with Crippen molar-refractivity contribution in [3.8, 4) is 17.2 Å². The van der Waals surface area contributed by atoms with Gasteiger partial charge in [-0.3, -0.25) is 14.9 Å². The minimum atomic E-state index is -3.21. The summed E-state index contributed by atoms with van der Waals surface area (Å²) in [6.45, 7) is -2.01. The SMILES string of the molecule is COc1cc(C(=O)N2CCN(c3nnnn3-c3ccccc3)CC2)c([N+](=O)[O-])cc1OC(F)F. The number of piperazine rings is 1. The van der Waals surface area contributed by atoms with Gasteiger partial charge in [0, 0.05) is 32.2 Å². The van der Waals surface area contributed by atoms with Gasteiger partial charge in [-0.05, 0) is 22.6 Å². The summed E-state index contributed by atoms with van der Waals surface area (Å²) >= 11 is 0. The van der Waals surface area contributed by atoms with E-state index in [4.69, 9.17) is 4.74 Å². The van der Waals surface area contributed by atoms with Gasteiger partial charge in [-0.2, -0.15) is 13.5 Å². The summed E-state index contributed by atoms with van der Waals surface area (Å²) in [7, 11) is 1.18. The number of para-hydroxylation sites is 1. The van der Waals surface area contributed by atoms with E-state index in [0.29, 0.717) is 19.0 Å². The van der Waals surface area contributed by atoms with E-state index < -0.39 is 28.9 Å². The van der Waals surface area contributed by atoms with E-state index in [-0.39, 0.29) is 24.4 Å². The molecule has 0 radical (unpaired) electrons. The van der Waals surface area contributed by atoms with Gasteiger partial charge in [0.05, 0.1) is 23.8 Å². The van der Waals surface area contributed by atoms with Crippen molar-refractivity contribution in [3.63, 3.8) is 0 Å². The molecule has 4 rings (SSSR count). The van der Waals surface area contributed by atoms with Crippen LogP contribution in [0.1, 0.15) is 10.4 Å². The number of ether oxygens (including phenoxy) is 2. The Bertz CT molecular complexity index is 1180. The predicted octanol–water partition coefficient (Wildman–Crippen LogP) is 2.14. The van der Waals surface area contributed by atoms with Crippen LogP contribution in [0.15, 0.2) is 42.5 Å². The molecule has 0 N–H and O–H groups in total. The van der Waals surface area contributed by atoms with Crippen LogP contribution in [0.2, 0.25) is 0 Å². The van der Waals surface area contributed by atoms with Crippen molar-refractivity contribution >= 4 is 17.5 Å². The van der Waals surface area contributed by atoms with Crippen LogP contribution in [0.25, 0.3) is 5.69 Å². The molecular weight excluding hydrogens is 456 g/mol. The van der Waals surface area contributed by atoms with Gasteiger partial charge in [0.2, 0.25) is 5.95 Å². The maximum Gasteiger partial charge on any atom is 0.387 e. The highest BCUT2D eigenvalue weighted by molar-refractivity contribution is 5.99. The maximum atomic E-state index is 13.1. The molecule has 0 spiro atoms. The zero-order valence-corrected chi connectivity index (χ0v) is 17.9. The van der Waals surface area contributed by atoms with E-state index in [9.17, 15) is 23.7 Å². The number of carbonyl (C=O) groups is 1. The van der Waals surface area contributed by atoms with Gasteiger partial charge in [0.15, 0.2) is 11.5 Å². The third-order valence-corrected chi connectivity index (χ3v) is 5.23. The number of halogens is 2. The van der Waals surface area contributed by atoms with Crippen LogP contribution >= 0.6 is 0 Å². The first-order chi connectivity index (χ1) is 16.4. The highest BCUT2D eigenvalue weighted by atomic mass is 19.3. The number of hydrogen-bond acceptors (Lipinski definition) is 9. The maximum absolute atomic E-state index is 13.1. The van der Waals surface area contributed by atoms with Crippen molar-refractivity contribution in [2.24, 2.45) is 0 Å². The lowest BCUT2D eigenvalue weighted by Gasteiger charge is -2.34. The number of methoxy groups -OCH3 is 1. The number of nitrogens with zero attached hydrogens (tertiary/aromatic N) is 7. The van der Waals surface area contributed by atoms with E-state index in [1.807, 2.05) is 35.2 Å². The molecule has 2 aromatic carbocycles. The molecule has 2 heterocycles. The number of nitro benzene ring substituents is 1. The number of alkyl halides is 2. The Hall–Kier alpha value is -4.36. The van der Waals surface area contributed by atoms with Crippen molar-refractivity contribution in [3.05, 3.63) is 58.1 Å². The molecule has 1 saturated heterocycles. The fourth-order valence-electron chi connectivity index (χ4n) is 3.61. The minimum Gasteiger partial charge on any atom is -0.493 e. The van der Waals surface area contributed by atoms with E-state index >= 15 is 0 Å². The first-order valence-corrected chi connectivity index (χ1v) is 10.1. The second-order valence-corrected chi connectivity index (χ2v) is 7.16. The third-order valence-electron chi connectivity index (χ3n) is 5.23. The van der Waals surface area contributed by atoms with Crippen LogP contribution in [-0.2, 0) is 0 Å². The fourth-order valence-corrected chi connectivity index (χ4v) is 3.61. The number of amides is 1. The van der Waals surface area contributed by atoms with Gasteiger partial charge in [-0.25, -0.2) is 0 Å². The number of benzene rings is 2. The zero-order chi connectivity index (χ0) is 24.2. The van der Waals surface area contributed by atoms with Crippen molar-refractivity contribution in [1.82, 2.24) is 25.1 Å². The average Bonchev–Trinajstić information content (AvgIpc) is 3.33. The van der Waals surface area contributed by atoms with E-state index in [0.717, 1.165) is 17.8 Å². The number of nitro groups is 1. The Balaban J connectivity index is 1.53. The summed E-state index contributed by atoms with van der Waals surface area (Å²) < 4.78 is 36.2. The molecule has 1 aromatic heterocycles. The highest BCUT2D eigenvalue weighted by Gasteiger charge is 2.31. The van der Waals surface area contributed by atoms with E-state index in [1.165, 1.54) is 12.0 Å². The zero-order valence-electron chi connectivity index (χ0n) is 17.9. The quantitative estimate of drug-likeness (QED) is 0.373. The largest absolute Gasteiger partial charge is 0.493 e. The van der Waals surface area contributed by atoms with E-state index in [2.05, 4.69) is 20.3 Å². The number of carbonyl (C=O) groups excluding carboxylic acids is 1. The van der Waals surface area contributed by atoms with Gasteiger partial charge < -0.3 is 19.3 Å². The third kappa shape index (κ3) is 4.55. The normalized spacial score (nSPS) is 13.8. The number of rotatable bonds is 7. The summed E-state index contributed by atoms with van der Waals surface area (Å²) in [4.78, 5) is 27.2. The molecule has 3 aromatic rings. The first kappa shape index (κ1) is 22.8. The summed E-state index contributed by atoms with van der Waals surface area (Å²) in [5.41, 5.74) is -0.169. The molecule has 178 valence electrons. The Morgan fingerprint density at radius 3 is 2.44 bits per heavy atom. The molecule has 0 atom stereocenters. The number of anilines is 1. The topological polar surface area (TPSA) is 129 Å². The van der Waals surface area contributed by atoms with Gasteiger partial charge in [-0.15, -0.1) is 0 Å². The molecular formula is C20H19F2N7O5. The van der Waals surface area contributed by atoms with Gasteiger partial charge in [0.1, 0.15) is 5.56 Å². The number of hydrogen-bond donors (Lipinski definition) is 0. The summed E-state index contributed by atoms with van der Waals surface area (Å²) in [5, 5.41) is 23.4. The first-order valence-electron chi connectivity index (χ1n) is 10.1. The fraction of sp³-hybridized carbons (Fsp3) is 0.300. The molecule has 34 heavy (non-hydrogen) atoms. The smallest absolute Gasteiger partial charge is 0.387 e. The van der Waals surface area contributed by atoms with Crippen LogP contribution in [0.3, 0.4) is 0 Å². The molecule has 1 aliphatic rings. The second-order valence-electron chi connectivity index (χ2n) is 7.16. The summed E-state index contributed by atoms with van der Waals surface area (Å²) in [6.07, 6.45) is 0. The molecule has 0 bridgehead atoms. The van der Waals surface area contributed by atoms with Crippen molar-refractivity contribution in [1.29, 1.82) is 0 Å². The number of tetrazole rings is 1. The van der Waals surface area contributed by atoms with Crippen molar-refractivity contribution in [2.45, 2.75) is 6.61 Å². The van der Waals surface area contributed by atoms with Crippen LogP contribution in [0, 0.1) is 10.1 Å². The molecule has 1 amide bonds. The van der Waals surface area contributed by atoms with Gasteiger partial charge in [0.25, 0.3) is 11.6 Å².